The van der Waals surface area contributed by atoms with Crippen molar-refractivity contribution >= 4 is 16.1 Å². The first-order valence-electron chi connectivity index (χ1n) is 8.38. The molecule has 0 radical (unpaired) electrons. The number of benzene rings is 1. The predicted molar refractivity (Wildman–Crippen MR) is 93.1 cm³/mol. The zero-order chi connectivity index (χ0) is 25.4. The van der Waals surface area contributed by atoms with Crippen LogP contribution in [-0.4, -0.2) is 58.7 Å². The lowest BCUT2D eigenvalue weighted by atomic mass is 9.99. The summed E-state index contributed by atoms with van der Waals surface area (Å²) in [5, 5.41) is 19.0. The fourth-order valence-corrected chi connectivity index (χ4v) is 3.20. The van der Waals surface area contributed by atoms with Crippen LogP contribution in [0, 0.1) is 5.82 Å². The van der Waals surface area contributed by atoms with Gasteiger partial charge < -0.3 is 14.9 Å². The number of aromatic hydroxyl groups is 1. The van der Waals surface area contributed by atoms with Crippen LogP contribution >= 0.6 is 0 Å². The zero-order valence-corrected chi connectivity index (χ0v) is 16.6. The highest BCUT2D eigenvalue weighted by molar-refractivity contribution is 7.86. The predicted octanol–water partition coefficient (Wildman–Crippen LogP) is 3.24. The van der Waals surface area contributed by atoms with Gasteiger partial charge >= 0.3 is 18.3 Å². The van der Waals surface area contributed by atoms with E-state index in [-0.39, 0.29) is 5.69 Å². The molecule has 0 spiro atoms. The number of esters is 1. The normalized spacial score (nSPS) is 13.1. The van der Waals surface area contributed by atoms with E-state index in [2.05, 4.69) is 9.72 Å². The Morgan fingerprint density at radius 1 is 1.06 bits per heavy atom. The van der Waals surface area contributed by atoms with Crippen LogP contribution in [0.2, 0.25) is 0 Å². The summed E-state index contributed by atoms with van der Waals surface area (Å²) in [7, 11) is -5.14. The Labute approximate surface area is 180 Å². The summed E-state index contributed by atoms with van der Waals surface area (Å²) in [4.78, 5) is 14.5. The summed E-state index contributed by atoms with van der Waals surface area (Å²) in [5.41, 5.74) is -7.08. The molecule has 33 heavy (non-hydrogen) atoms. The van der Waals surface area contributed by atoms with Crippen LogP contribution in [0.3, 0.4) is 0 Å². The van der Waals surface area contributed by atoms with Crippen molar-refractivity contribution in [3.8, 4) is 17.0 Å². The number of carbonyl (C=O) groups excluding carboxylic acids is 1. The van der Waals surface area contributed by atoms with Crippen LogP contribution in [-0.2, 0) is 14.9 Å². The summed E-state index contributed by atoms with van der Waals surface area (Å²) in [6, 6.07) is 2.69. The van der Waals surface area contributed by atoms with Crippen LogP contribution in [0.4, 0.5) is 30.7 Å². The number of pyridine rings is 1. The molecule has 2 aromatic rings. The SMILES string of the molecule is O=C(OCCC(O)(C(F)(F)F)C(F)(F)F)c1cc(S(=O)(=O)O)c(-c2ccc(F)cn2)cc1O. The molecule has 1 aromatic carbocycles. The second-order valence-corrected chi connectivity index (χ2v) is 7.83. The van der Waals surface area contributed by atoms with Gasteiger partial charge in [0.25, 0.3) is 15.7 Å². The average Bonchev–Trinajstić information content (AvgIpc) is 2.65. The molecule has 2 rings (SSSR count). The number of halogens is 7. The first-order chi connectivity index (χ1) is 14.9. The first kappa shape index (κ1) is 26.3. The minimum absolute atomic E-state index is 0.292. The van der Waals surface area contributed by atoms with Gasteiger partial charge in [0, 0.05) is 12.0 Å². The molecule has 3 N–H and O–H groups in total. The lowest BCUT2D eigenvalue weighted by molar-refractivity contribution is -0.371. The number of phenolic OH excluding ortho intramolecular Hbond substituents is 1. The van der Waals surface area contributed by atoms with E-state index < -0.39 is 74.7 Å². The third kappa shape index (κ3) is 5.51. The van der Waals surface area contributed by atoms with Gasteiger partial charge in [0.05, 0.1) is 18.5 Å². The van der Waals surface area contributed by atoms with E-state index in [0.29, 0.717) is 18.3 Å². The number of aromatic nitrogens is 1. The molecule has 0 atom stereocenters. The number of alkyl halides is 6. The van der Waals surface area contributed by atoms with Gasteiger partial charge in [-0.1, -0.05) is 0 Å². The molecule has 0 unspecified atom stereocenters. The summed E-state index contributed by atoms with van der Waals surface area (Å²) >= 11 is 0. The first-order valence-corrected chi connectivity index (χ1v) is 9.82. The highest BCUT2D eigenvalue weighted by atomic mass is 32.2. The standard InChI is InChI=1S/C17H12F7NO7S/c18-8-1-2-11(25-7-8)9-5-12(26)10(6-13(9)33(29,30)31)14(27)32-4-3-15(28,16(19,20)21)17(22,23)24/h1-2,5-7,26,28H,3-4H2,(H,29,30,31). The molecule has 8 nitrogen and oxygen atoms in total. The maximum absolute atomic E-state index is 13.0. The molecule has 16 heteroatoms. The second kappa shape index (κ2) is 8.75. The Bertz CT molecular complexity index is 1130. The maximum Gasteiger partial charge on any atom is 0.426 e. The van der Waals surface area contributed by atoms with E-state index in [1.165, 1.54) is 0 Å². The van der Waals surface area contributed by atoms with Crippen molar-refractivity contribution in [2.45, 2.75) is 29.3 Å². The molecule has 0 aliphatic heterocycles. The van der Waals surface area contributed by atoms with Crippen molar-refractivity contribution in [1.82, 2.24) is 4.98 Å². The quantitative estimate of drug-likeness (QED) is 0.308. The number of hydrogen-bond acceptors (Lipinski definition) is 7. The van der Waals surface area contributed by atoms with E-state index in [9.17, 15) is 53.6 Å². The lowest BCUT2D eigenvalue weighted by Gasteiger charge is -2.32. The van der Waals surface area contributed by atoms with E-state index >= 15 is 0 Å². The smallest absolute Gasteiger partial charge is 0.426 e. The van der Waals surface area contributed by atoms with Gasteiger partial charge in [-0.2, -0.15) is 34.8 Å². The number of aliphatic hydroxyl groups is 1. The molecular formula is C17H12F7NO7S. The highest BCUT2D eigenvalue weighted by Gasteiger charge is 2.70. The second-order valence-electron chi connectivity index (χ2n) is 6.44. The van der Waals surface area contributed by atoms with Crippen LogP contribution in [0.5, 0.6) is 5.75 Å². The van der Waals surface area contributed by atoms with Gasteiger partial charge in [-0.05, 0) is 24.3 Å². The molecule has 0 aliphatic rings. The Morgan fingerprint density at radius 3 is 2.09 bits per heavy atom. The van der Waals surface area contributed by atoms with Crippen LogP contribution in [0.15, 0.2) is 35.4 Å². The Kier molecular flexibility index (Phi) is 6.97. The lowest BCUT2D eigenvalue weighted by Crippen LogP contribution is -2.57. The number of hydrogen-bond donors (Lipinski definition) is 3. The fraction of sp³-hybridized carbons (Fsp3) is 0.294. The van der Waals surface area contributed by atoms with E-state index in [1.807, 2.05) is 0 Å². The zero-order valence-electron chi connectivity index (χ0n) is 15.8. The molecule has 1 heterocycles. The van der Waals surface area contributed by atoms with Gasteiger partial charge in [0.2, 0.25) is 0 Å². The number of phenols is 1. The molecule has 1 aromatic heterocycles. The van der Waals surface area contributed by atoms with E-state index in [4.69, 9.17) is 5.11 Å². The summed E-state index contributed by atoms with van der Waals surface area (Å²) in [6.45, 7) is -1.64. The molecule has 182 valence electrons. The molecule has 0 saturated carbocycles. The Hall–Kier alpha value is -2.98. The summed E-state index contributed by atoms with van der Waals surface area (Å²) < 4.78 is 126. The van der Waals surface area contributed by atoms with Crippen molar-refractivity contribution in [3.05, 3.63) is 41.8 Å². The van der Waals surface area contributed by atoms with Crippen molar-refractivity contribution in [2.24, 2.45) is 0 Å². The van der Waals surface area contributed by atoms with Gasteiger partial charge in [-0.15, -0.1) is 0 Å². The molecule has 0 aliphatic carbocycles. The molecule has 0 amide bonds. The molecule has 0 saturated heterocycles. The van der Waals surface area contributed by atoms with Crippen LogP contribution in [0.1, 0.15) is 16.8 Å². The van der Waals surface area contributed by atoms with Gasteiger partial charge in [0.1, 0.15) is 22.0 Å². The van der Waals surface area contributed by atoms with E-state index in [0.717, 1.165) is 12.1 Å². The average molecular weight is 507 g/mol. The molecule has 0 fully saturated rings. The minimum Gasteiger partial charge on any atom is -0.507 e. The van der Waals surface area contributed by atoms with Gasteiger partial charge in [0.15, 0.2) is 0 Å². The third-order valence-corrected chi connectivity index (χ3v) is 5.13. The summed E-state index contributed by atoms with van der Waals surface area (Å²) in [5.74, 6) is -3.66. The highest BCUT2D eigenvalue weighted by Crippen LogP contribution is 2.45. The van der Waals surface area contributed by atoms with Crippen molar-refractivity contribution in [1.29, 1.82) is 0 Å². The minimum atomic E-state index is -6.16. The van der Waals surface area contributed by atoms with Crippen LogP contribution in [0.25, 0.3) is 11.3 Å². The van der Waals surface area contributed by atoms with Crippen molar-refractivity contribution < 1.29 is 63.4 Å². The van der Waals surface area contributed by atoms with Crippen LogP contribution < -0.4 is 0 Å². The summed E-state index contributed by atoms with van der Waals surface area (Å²) in [6.07, 6.45) is -13.8. The van der Waals surface area contributed by atoms with Crippen molar-refractivity contribution in [2.75, 3.05) is 6.61 Å². The monoisotopic (exact) mass is 507 g/mol. The van der Waals surface area contributed by atoms with Gasteiger partial charge in [-0.3, -0.25) is 9.54 Å². The molecular weight excluding hydrogens is 495 g/mol. The molecule has 0 bridgehead atoms. The number of nitrogens with zero attached hydrogens (tertiary/aromatic N) is 1. The Balaban J connectivity index is 2.37. The number of carbonyl (C=O) groups is 1. The third-order valence-electron chi connectivity index (χ3n) is 4.23. The number of rotatable bonds is 6. The number of ether oxygens (including phenoxy) is 1. The van der Waals surface area contributed by atoms with E-state index in [1.54, 1.807) is 0 Å². The van der Waals surface area contributed by atoms with Crippen molar-refractivity contribution in [3.63, 3.8) is 0 Å². The Morgan fingerprint density at radius 2 is 1.64 bits per heavy atom. The topological polar surface area (TPSA) is 134 Å². The maximum atomic E-state index is 13.0. The van der Waals surface area contributed by atoms with Gasteiger partial charge in [-0.25, -0.2) is 9.18 Å². The largest absolute Gasteiger partial charge is 0.507 e. The fourth-order valence-electron chi connectivity index (χ4n) is 2.49.